The third kappa shape index (κ3) is 6.90. The number of carbonyl (C=O) groups is 4. The van der Waals surface area contributed by atoms with E-state index >= 15 is 0 Å². The lowest BCUT2D eigenvalue weighted by Crippen LogP contribution is -2.40. The van der Waals surface area contributed by atoms with Gasteiger partial charge in [-0.05, 0) is 35.1 Å². The molecule has 0 saturated carbocycles. The van der Waals surface area contributed by atoms with E-state index in [0.29, 0.717) is 12.8 Å². The normalized spacial score (nSPS) is 15.0. The maximum Gasteiger partial charge on any atom is 0.286 e. The molecular formula is C28H26N2O4S. The highest BCUT2D eigenvalue weighted by atomic mass is 32.2. The van der Waals surface area contributed by atoms with Crippen molar-refractivity contribution in [2.45, 2.75) is 30.9 Å². The second-order valence-corrected chi connectivity index (χ2v) is 9.59. The Morgan fingerprint density at radius 2 is 1.23 bits per heavy atom. The summed E-state index contributed by atoms with van der Waals surface area (Å²) in [6.45, 7) is 0.284. The predicted molar refractivity (Wildman–Crippen MR) is 136 cm³/mol. The third-order valence-corrected chi connectivity index (χ3v) is 6.82. The molecule has 3 aromatic carbocycles. The summed E-state index contributed by atoms with van der Waals surface area (Å²) in [4.78, 5) is 50.7. The largest absolute Gasteiger partial charge is 0.286 e. The van der Waals surface area contributed by atoms with E-state index in [1.807, 2.05) is 84.9 Å². The van der Waals surface area contributed by atoms with Crippen LogP contribution in [0.4, 0.5) is 4.79 Å². The molecular weight excluding hydrogens is 460 g/mol. The van der Waals surface area contributed by atoms with Crippen LogP contribution in [0.2, 0.25) is 0 Å². The molecule has 0 aromatic heterocycles. The molecule has 1 unspecified atom stereocenters. The summed E-state index contributed by atoms with van der Waals surface area (Å²) in [5.74, 6) is -0.695. The van der Waals surface area contributed by atoms with Gasteiger partial charge in [-0.3, -0.25) is 29.4 Å². The van der Waals surface area contributed by atoms with Gasteiger partial charge >= 0.3 is 0 Å². The van der Waals surface area contributed by atoms with E-state index in [9.17, 15) is 19.2 Å². The lowest BCUT2D eigenvalue weighted by molar-refractivity contribution is -0.144. The van der Waals surface area contributed by atoms with Crippen molar-refractivity contribution in [1.29, 1.82) is 0 Å². The van der Waals surface area contributed by atoms with Crippen LogP contribution in [0.5, 0.6) is 0 Å². The van der Waals surface area contributed by atoms with Gasteiger partial charge in [-0.2, -0.15) is 0 Å². The van der Waals surface area contributed by atoms with Gasteiger partial charge in [0.1, 0.15) is 0 Å². The molecule has 1 aliphatic heterocycles. The highest BCUT2D eigenvalue weighted by Gasteiger charge is 2.31. The third-order valence-electron chi connectivity index (χ3n) is 5.83. The average Bonchev–Trinajstić information content (AvgIpc) is 3.17. The Bertz CT molecular complexity index is 1140. The fourth-order valence-corrected chi connectivity index (χ4v) is 4.80. The van der Waals surface area contributed by atoms with E-state index in [4.69, 9.17) is 0 Å². The van der Waals surface area contributed by atoms with Crippen molar-refractivity contribution in [3.8, 4) is 0 Å². The van der Waals surface area contributed by atoms with E-state index < -0.39 is 5.25 Å². The van der Waals surface area contributed by atoms with Gasteiger partial charge in [0.25, 0.3) is 5.24 Å². The Hall–Kier alpha value is -3.71. The molecule has 4 amide bonds. The monoisotopic (exact) mass is 486 g/mol. The zero-order valence-electron chi connectivity index (χ0n) is 19.2. The number of thioether (sulfide) groups is 1. The number of nitrogens with one attached hydrogen (secondary N) is 1. The number of hydrogen-bond acceptors (Lipinski definition) is 5. The molecule has 1 atom stereocenters. The van der Waals surface area contributed by atoms with Crippen molar-refractivity contribution < 1.29 is 19.2 Å². The van der Waals surface area contributed by atoms with Crippen LogP contribution in [-0.4, -0.2) is 39.7 Å². The first kappa shape index (κ1) is 24.4. The van der Waals surface area contributed by atoms with Crippen LogP contribution in [0.25, 0.3) is 0 Å². The molecule has 1 heterocycles. The SMILES string of the molecule is O=C1NC(=O)C(Cc2ccc(CCN(C(=O)Cc3ccccc3)C(=O)Cc3ccccc3)cc2)S1. The number of benzene rings is 3. The summed E-state index contributed by atoms with van der Waals surface area (Å²) in [6, 6.07) is 26.6. The Morgan fingerprint density at radius 1 is 0.714 bits per heavy atom. The van der Waals surface area contributed by atoms with Crippen molar-refractivity contribution in [3.05, 3.63) is 107 Å². The topological polar surface area (TPSA) is 83.6 Å². The van der Waals surface area contributed by atoms with Crippen molar-refractivity contribution in [2.75, 3.05) is 6.54 Å². The summed E-state index contributed by atoms with van der Waals surface area (Å²) >= 11 is 1.01. The molecule has 0 radical (unpaired) electrons. The average molecular weight is 487 g/mol. The van der Waals surface area contributed by atoms with Crippen LogP contribution >= 0.6 is 11.8 Å². The van der Waals surface area contributed by atoms with Gasteiger partial charge in [0, 0.05) is 6.54 Å². The van der Waals surface area contributed by atoms with Crippen LogP contribution in [0.1, 0.15) is 22.3 Å². The van der Waals surface area contributed by atoms with E-state index in [2.05, 4.69) is 5.32 Å². The first-order valence-corrected chi connectivity index (χ1v) is 12.4. The van der Waals surface area contributed by atoms with E-state index in [1.54, 1.807) is 0 Å². The molecule has 0 spiro atoms. The lowest BCUT2D eigenvalue weighted by Gasteiger charge is -2.21. The standard InChI is InChI=1S/C28H26N2O4S/c31-25(18-21-7-3-1-4-8-21)30(26(32)19-22-9-5-2-6-10-22)16-15-20-11-13-23(14-12-20)17-24-27(33)29-28(34)35-24/h1-14,24H,15-19H2,(H,29,33,34). The van der Waals surface area contributed by atoms with Crippen LogP contribution < -0.4 is 5.32 Å². The minimum atomic E-state index is -0.407. The number of hydrogen-bond donors (Lipinski definition) is 1. The molecule has 0 aliphatic carbocycles. The summed E-state index contributed by atoms with van der Waals surface area (Å²) in [5.41, 5.74) is 3.67. The van der Waals surface area contributed by atoms with Gasteiger partial charge in [0.05, 0.1) is 18.1 Å². The highest BCUT2D eigenvalue weighted by Crippen LogP contribution is 2.23. The molecule has 35 heavy (non-hydrogen) atoms. The summed E-state index contributed by atoms with van der Waals surface area (Å²) in [6.07, 6.45) is 1.33. The first-order chi connectivity index (χ1) is 17.0. The van der Waals surface area contributed by atoms with Crippen molar-refractivity contribution in [2.24, 2.45) is 0 Å². The van der Waals surface area contributed by atoms with Crippen molar-refractivity contribution in [1.82, 2.24) is 10.2 Å². The molecule has 7 heteroatoms. The van der Waals surface area contributed by atoms with Gasteiger partial charge in [-0.15, -0.1) is 0 Å². The van der Waals surface area contributed by atoms with E-state index in [-0.39, 0.29) is 42.3 Å². The Balaban J connectivity index is 1.41. The molecule has 178 valence electrons. The number of rotatable bonds is 9. The number of imide groups is 2. The van der Waals surface area contributed by atoms with Gasteiger partial charge in [-0.25, -0.2) is 0 Å². The number of amides is 4. The number of nitrogens with zero attached hydrogens (tertiary/aromatic N) is 1. The molecule has 0 bridgehead atoms. The fraction of sp³-hybridized carbons (Fsp3) is 0.214. The van der Waals surface area contributed by atoms with Gasteiger partial charge in [0.2, 0.25) is 17.7 Å². The summed E-state index contributed by atoms with van der Waals surface area (Å²) in [7, 11) is 0. The predicted octanol–water partition coefficient (Wildman–Crippen LogP) is 3.96. The summed E-state index contributed by atoms with van der Waals surface area (Å²) < 4.78 is 0. The van der Waals surface area contributed by atoms with Gasteiger partial charge < -0.3 is 0 Å². The van der Waals surface area contributed by atoms with Crippen LogP contribution in [0.15, 0.2) is 84.9 Å². The molecule has 6 nitrogen and oxygen atoms in total. The first-order valence-electron chi connectivity index (χ1n) is 11.5. The number of carbonyl (C=O) groups excluding carboxylic acids is 4. The zero-order valence-corrected chi connectivity index (χ0v) is 20.0. The maximum atomic E-state index is 13.1. The minimum Gasteiger partial charge on any atom is -0.286 e. The molecule has 1 fully saturated rings. The molecule has 1 N–H and O–H groups in total. The molecule has 4 rings (SSSR count). The Kier molecular flexibility index (Phi) is 8.11. The zero-order chi connectivity index (χ0) is 24.6. The van der Waals surface area contributed by atoms with Gasteiger partial charge in [0.15, 0.2) is 0 Å². The minimum absolute atomic E-state index is 0.167. The maximum absolute atomic E-state index is 13.1. The van der Waals surface area contributed by atoms with Crippen molar-refractivity contribution >= 4 is 34.7 Å². The fourth-order valence-electron chi connectivity index (χ4n) is 3.94. The Labute approximate surface area is 208 Å². The smallest absolute Gasteiger partial charge is 0.286 e. The quantitative estimate of drug-likeness (QED) is 0.495. The van der Waals surface area contributed by atoms with Gasteiger partial charge in [-0.1, -0.05) is 96.7 Å². The molecule has 3 aromatic rings. The van der Waals surface area contributed by atoms with Crippen LogP contribution in [0, 0.1) is 0 Å². The van der Waals surface area contributed by atoms with E-state index in [1.165, 1.54) is 4.90 Å². The van der Waals surface area contributed by atoms with E-state index in [0.717, 1.165) is 34.0 Å². The molecule has 1 saturated heterocycles. The summed E-state index contributed by atoms with van der Waals surface area (Å²) in [5, 5.41) is 1.59. The highest BCUT2D eigenvalue weighted by molar-refractivity contribution is 8.15. The van der Waals surface area contributed by atoms with Crippen LogP contribution in [-0.2, 0) is 40.1 Å². The lowest BCUT2D eigenvalue weighted by atomic mass is 10.0. The second-order valence-electron chi connectivity index (χ2n) is 8.42. The van der Waals surface area contributed by atoms with Crippen LogP contribution in [0.3, 0.4) is 0 Å². The Morgan fingerprint density at radius 3 is 1.71 bits per heavy atom. The second kappa shape index (κ2) is 11.6. The molecule has 1 aliphatic rings. The van der Waals surface area contributed by atoms with Crippen molar-refractivity contribution in [3.63, 3.8) is 0 Å².